The Morgan fingerprint density at radius 1 is 1.17 bits per heavy atom. The normalized spacial score (nSPS) is 20.2. The maximum atomic E-state index is 13.7. The Kier molecular flexibility index (Phi) is 7.56. The van der Waals surface area contributed by atoms with Crippen LogP contribution in [-0.4, -0.2) is 84.1 Å². The largest absolute Gasteiger partial charge is 0.507 e. The number of nitrogens with zero attached hydrogens (tertiary/aromatic N) is 2. The zero-order valence-corrected chi connectivity index (χ0v) is 20.6. The monoisotopic (exact) mass is 499 g/mol. The molecule has 0 unspecified atom stereocenters. The molecule has 4 rings (SSSR count). The summed E-state index contributed by atoms with van der Waals surface area (Å²) in [7, 11) is 1.24. The number of morpholine rings is 1. The molecule has 2 saturated heterocycles. The van der Waals surface area contributed by atoms with Crippen molar-refractivity contribution < 1.29 is 33.4 Å². The van der Waals surface area contributed by atoms with Gasteiger partial charge in [0.1, 0.15) is 17.3 Å². The van der Waals surface area contributed by atoms with Gasteiger partial charge in [-0.25, -0.2) is 9.18 Å². The molecular formula is C26H30FN3O6. The van der Waals surface area contributed by atoms with Crippen LogP contribution >= 0.6 is 0 Å². The van der Waals surface area contributed by atoms with Crippen LogP contribution in [0.1, 0.15) is 45.3 Å². The van der Waals surface area contributed by atoms with Crippen LogP contribution in [0, 0.1) is 19.7 Å². The lowest BCUT2D eigenvalue weighted by Gasteiger charge is -2.29. The first-order chi connectivity index (χ1) is 17.2. The third-order valence-electron chi connectivity index (χ3n) is 6.77. The van der Waals surface area contributed by atoms with Crippen LogP contribution in [0.2, 0.25) is 0 Å². The summed E-state index contributed by atoms with van der Waals surface area (Å²) in [6.45, 7) is 7.19. The number of aromatic nitrogens is 1. The van der Waals surface area contributed by atoms with Gasteiger partial charge in [-0.3, -0.25) is 14.5 Å². The number of halogens is 1. The van der Waals surface area contributed by atoms with Crippen LogP contribution in [0.4, 0.5) is 4.39 Å². The summed E-state index contributed by atoms with van der Waals surface area (Å²) in [6.07, 6.45) is 0.611. The number of aryl methyl sites for hydroxylation is 1. The molecule has 1 amide bonds. The minimum absolute atomic E-state index is 0.0976. The maximum Gasteiger partial charge on any atom is 0.354 e. The van der Waals surface area contributed by atoms with Crippen molar-refractivity contribution in [2.45, 2.75) is 26.3 Å². The first-order valence-corrected chi connectivity index (χ1v) is 11.9. The highest BCUT2D eigenvalue weighted by Crippen LogP contribution is 2.41. The molecule has 0 radical (unpaired) electrons. The lowest BCUT2D eigenvalue weighted by molar-refractivity contribution is -0.140. The first-order valence-electron chi connectivity index (χ1n) is 11.9. The number of benzene rings is 1. The van der Waals surface area contributed by atoms with Gasteiger partial charge in [0.2, 0.25) is 0 Å². The molecule has 10 heteroatoms. The van der Waals surface area contributed by atoms with Gasteiger partial charge in [-0.05, 0) is 43.5 Å². The molecule has 0 aliphatic carbocycles. The number of nitrogens with one attached hydrogen (secondary N) is 1. The fraction of sp³-hybridized carbons (Fsp3) is 0.423. The number of H-pyrrole nitrogens is 1. The van der Waals surface area contributed by atoms with Crippen LogP contribution in [0.3, 0.4) is 0 Å². The van der Waals surface area contributed by atoms with Crippen molar-refractivity contribution in [1.29, 1.82) is 0 Å². The van der Waals surface area contributed by atoms with Gasteiger partial charge in [-0.1, -0.05) is 12.1 Å². The van der Waals surface area contributed by atoms with E-state index in [0.29, 0.717) is 36.5 Å². The van der Waals surface area contributed by atoms with Gasteiger partial charge in [-0.15, -0.1) is 0 Å². The number of ketones is 1. The number of Topliss-reactive ketones (excluding diaryl/α,β-unsaturated/α-hetero) is 1. The molecule has 3 heterocycles. The summed E-state index contributed by atoms with van der Waals surface area (Å²) < 4.78 is 23.9. The fourth-order valence-corrected chi connectivity index (χ4v) is 4.94. The minimum Gasteiger partial charge on any atom is -0.507 e. The standard InChI is InChI=1S/C26H30FN3O6/c1-15-19(16(2)28-21(15)26(34)35-3)23(31)20-22(17-5-7-18(27)8-6-17)30(25(33)24(20)32)10-4-9-29-11-13-36-14-12-29/h5-8,22,28,31H,4,9-14H2,1-3H3/b23-20+/t22-/m0/s1. The summed E-state index contributed by atoms with van der Waals surface area (Å²) >= 11 is 0. The zero-order chi connectivity index (χ0) is 26.0. The van der Waals surface area contributed by atoms with Gasteiger partial charge < -0.3 is 24.5 Å². The van der Waals surface area contributed by atoms with Crippen molar-refractivity contribution in [1.82, 2.24) is 14.8 Å². The Bertz CT molecular complexity index is 1200. The van der Waals surface area contributed by atoms with Crippen molar-refractivity contribution in [2.24, 2.45) is 0 Å². The minimum atomic E-state index is -0.898. The van der Waals surface area contributed by atoms with Gasteiger partial charge >= 0.3 is 5.97 Å². The van der Waals surface area contributed by atoms with E-state index in [1.807, 2.05) is 0 Å². The second kappa shape index (κ2) is 10.6. The number of esters is 1. The number of aliphatic hydroxyl groups is 1. The molecule has 2 fully saturated rings. The quantitative estimate of drug-likeness (QED) is 0.261. The summed E-state index contributed by atoms with van der Waals surface area (Å²) in [4.78, 5) is 45.1. The topological polar surface area (TPSA) is 112 Å². The highest BCUT2D eigenvalue weighted by Gasteiger charge is 2.46. The molecular weight excluding hydrogens is 469 g/mol. The molecule has 0 bridgehead atoms. The molecule has 2 N–H and O–H groups in total. The van der Waals surface area contributed by atoms with Gasteiger partial charge in [0.25, 0.3) is 11.7 Å². The lowest BCUT2D eigenvalue weighted by Crippen LogP contribution is -2.38. The predicted molar refractivity (Wildman–Crippen MR) is 129 cm³/mol. The second-order valence-electron chi connectivity index (χ2n) is 8.97. The van der Waals surface area contributed by atoms with E-state index in [2.05, 4.69) is 9.88 Å². The Morgan fingerprint density at radius 3 is 2.47 bits per heavy atom. The average Bonchev–Trinajstić information content (AvgIpc) is 3.31. The number of methoxy groups -OCH3 is 1. The summed E-state index contributed by atoms with van der Waals surface area (Å²) in [5, 5.41) is 11.4. The first kappa shape index (κ1) is 25.6. The number of carbonyl (C=O) groups is 3. The van der Waals surface area contributed by atoms with Crippen molar-refractivity contribution in [3.8, 4) is 0 Å². The van der Waals surface area contributed by atoms with E-state index in [0.717, 1.165) is 19.6 Å². The van der Waals surface area contributed by atoms with E-state index in [1.54, 1.807) is 13.8 Å². The molecule has 2 aliphatic heterocycles. The molecule has 192 valence electrons. The number of aliphatic hydroxyl groups excluding tert-OH is 1. The average molecular weight is 500 g/mol. The molecule has 1 aromatic heterocycles. The maximum absolute atomic E-state index is 13.7. The molecule has 2 aromatic rings. The SMILES string of the molecule is COC(=O)c1[nH]c(C)c(/C(O)=C2\C(=O)C(=O)N(CCCN3CCOCC3)[C@H]2c2ccc(F)cc2)c1C. The van der Waals surface area contributed by atoms with Crippen molar-refractivity contribution in [3.63, 3.8) is 0 Å². The van der Waals surface area contributed by atoms with E-state index in [9.17, 15) is 23.9 Å². The van der Waals surface area contributed by atoms with E-state index >= 15 is 0 Å². The Balaban J connectivity index is 1.74. The zero-order valence-electron chi connectivity index (χ0n) is 20.6. The Hall–Kier alpha value is -3.50. The van der Waals surface area contributed by atoms with Crippen LogP contribution in [0.25, 0.3) is 5.76 Å². The molecule has 1 atom stereocenters. The number of amides is 1. The van der Waals surface area contributed by atoms with Crippen molar-refractivity contribution in [2.75, 3.05) is 46.5 Å². The number of likely N-dealkylation sites (tertiary alicyclic amines) is 1. The second-order valence-corrected chi connectivity index (χ2v) is 8.97. The van der Waals surface area contributed by atoms with Gasteiger partial charge in [0.05, 0.1) is 31.9 Å². The van der Waals surface area contributed by atoms with E-state index in [-0.39, 0.29) is 29.1 Å². The predicted octanol–water partition coefficient (Wildman–Crippen LogP) is 2.70. The number of hydrogen-bond donors (Lipinski definition) is 2. The van der Waals surface area contributed by atoms with Crippen LogP contribution < -0.4 is 0 Å². The van der Waals surface area contributed by atoms with Crippen molar-refractivity contribution >= 4 is 23.4 Å². The van der Waals surface area contributed by atoms with Crippen LogP contribution in [-0.2, 0) is 19.1 Å². The molecule has 1 aromatic carbocycles. The van der Waals surface area contributed by atoms with Crippen LogP contribution in [0.5, 0.6) is 0 Å². The number of carbonyl (C=O) groups excluding carboxylic acids is 3. The molecule has 9 nitrogen and oxygen atoms in total. The number of aromatic amines is 1. The van der Waals surface area contributed by atoms with Gasteiger partial charge in [-0.2, -0.15) is 0 Å². The summed E-state index contributed by atoms with van der Waals surface area (Å²) in [5.41, 5.74) is 1.65. The smallest absolute Gasteiger partial charge is 0.354 e. The highest BCUT2D eigenvalue weighted by atomic mass is 19.1. The number of hydrogen-bond acceptors (Lipinski definition) is 7. The van der Waals surface area contributed by atoms with Gasteiger partial charge in [0, 0.05) is 37.4 Å². The number of rotatable bonds is 7. The fourth-order valence-electron chi connectivity index (χ4n) is 4.94. The molecule has 0 saturated carbocycles. The summed E-state index contributed by atoms with van der Waals surface area (Å²) in [6, 6.07) is 4.62. The van der Waals surface area contributed by atoms with Crippen molar-refractivity contribution in [3.05, 3.63) is 63.7 Å². The highest BCUT2D eigenvalue weighted by molar-refractivity contribution is 6.46. The van der Waals surface area contributed by atoms with E-state index in [1.165, 1.54) is 36.3 Å². The molecule has 0 spiro atoms. The third-order valence-corrected chi connectivity index (χ3v) is 6.77. The Morgan fingerprint density at radius 2 is 1.83 bits per heavy atom. The van der Waals surface area contributed by atoms with E-state index < -0.39 is 29.5 Å². The third kappa shape index (κ3) is 4.78. The Labute approximate surface area is 208 Å². The number of ether oxygens (including phenoxy) is 2. The summed E-state index contributed by atoms with van der Waals surface area (Å²) in [5.74, 6) is -3.02. The van der Waals surface area contributed by atoms with Gasteiger partial charge in [0.15, 0.2) is 0 Å². The van der Waals surface area contributed by atoms with Crippen LogP contribution in [0.15, 0.2) is 29.8 Å². The molecule has 2 aliphatic rings. The molecule has 36 heavy (non-hydrogen) atoms. The lowest BCUT2D eigenvalue weighted by atomic mass is 9.94. The van der Waals surface area contributed by atoms with E-state index in [4.69, 9.17) is 9.47 Å².